The van der Waals surface area contributed by atoms with Gasteiger partial charge in [-0.1, -0.05) is 12.7 Å². The highest BCUT2D eigenvalue weighted by molar-refractivity contribution is 5.43. The topological polar surface area (TPSA) is 60.4 Å². The fourth-order valence-electron chi connectivity index (χ4n) is 3.05. The lowest BCUT2D eigenvalue weighted by Gasteiger charge is -2.29. The van der Waals surface area contributed by atoms with E-state index in [-0.39, 0.29) is 19.1 Å². The minimum atomic E-state index is -0.722. The van der Waals surface area contributed by atoms with Crippen molar-refractivity contribution < 1.29 is 24.1 Å². The molecule has 0 saturated heterocycles. The SMILES string of the molecule is C=C(/C=C\C(C(O)c1c(C)cc(OC(C)OCC)cc1C)N(C)C)OCOC. The molecular formula is C22H35NO5. The van der Waals surface area contributed by atoms with Gasteiger partial charge in [-0.2, -0.15) is 0 Å². The molecule has 6 nitrogen and oxygen atoms in total. The van der Waals surface area contributed by atoms with Crippen LogP contribution in [0.1, 0.15) is 36.6 Å². The molecule has 158 valence electrons. The molecule has 1 N–H and O–H groups in total. The number of nitrogens with zero attached hydrogens (tertiary/aromatic N) is 1. The Hall–Kier alpha value is -1.86. The summed E-state index contributed by atoms with van der Waals surface area (Å²) >= 11 is 0. The van der Waals surface area contributed by atoms with Crippen LogP contribution in [0.3, 0.4) is 0 Å². The average molecular weight is 394 g/mol. The number of benzene rings is 1. The lowest BCUT2D eigenvalue weighted by Crippen LogP contribution is -2.33. The second-order valence-corrected chi connectivity index (χ2v) is 6.89. The maximum Gasteiger partial charge on any atom is 0.196 e. The Balaban J connectivity index is 3.04. The molecule has 1 aromatic rings. The Morgan fingerprint density at radius 2 is 1.86 bits per heavy atom. The number of hydrogen-bond acceptors (Lipinski definition) is 6. The molecule has 3 unspecified atom stereocenters. The molecule has 3 atom stereocenters. The third kappa shape index (κ3) is 7.28. The average Bonchev–Trinajstić information content (AvgIpc) is 2.59. The van der Waals surface area contributed by atoms with Crippen molar-refractivity contribution in [1.82, 2.24) is 4.90 Å². The van der Waals surface area contributed by atoms with Crippen LogP contribution in [0.4, 0.5) is 0 Å². The van der Waals surface area contributed by atoms with Crippen molar-refractivity contribution >= 4 is 0 Å². The van der Waals surface area contributed by atoms with Crippen LogP contribution in [0.5, 0.6) is 5.75 Å². The molecule has 0 aliphatic heterocycles. The summed E-state index contributed by atoms with van der Waals surface area (Å²) in [4.78, 5) is 1.95. The Bertz CT molecular complexity index is 633. The number of methoxy groups -OCH3 is 1. The van der Waals surface area contributed by atoms with Gasteiger partial charge in [-0.25, -0.2) is 0 Å². The summed E-state index contributed by atoms with van der Waals surface area (Å²) in [6, 6.07) is 3.60. The van der Waals surface area contributed by atoms with Gasteiger partial charge < -0.3 is 29.0 Å². The first-order valence-corrected chi connectivity index (χ1v) is 9.43. The number of likely N-dealkylation sites (N-methyl/N-ethyl adjacent to an activating group) is 1. The van der Waals surface area contributed by atoms with Gasteiger partial charge in [0.05, 0.1) is 12.1 Å². The smallest absolute Gasteiger partial charge is 0.196 e. The largest absolute Gasteiger partial charge is 0.468 e. The molecule has 0 aliphatic rings. The molecule has 0 aliphatic carbocycles. The van der Waals surface area contributed by atoms with Gasteiger partial charge in [0, 0.05) is 13.7 Å². The number of aryl methyl sites for hydroxylation is 2. The number of hydrogen-bond donors (Lipinski definition) is 1. The second-order valence-electron chi connectivity index (χ2n) is 6.89. The summed E-state index contributed by atoms with van der Waals surface area (Å²) in [5.41, 5.74) is 2.80. The highest BCUT2D eigenvalue weighted by Gasteiger charge is 2.24. The van der Waals surface area contributed by atoms with E-state index >= 15 is 0 Å². The van der Waals surface area contributed by atoms with Crippen LogP contribution in [0.25, 0.3) is 0 Å². The van der Waals surface area contributed by atoms with Crippen molar-refractivity contribution in [2.45, 2.75) is 46.1 Å². The van der Waals surface area contributed by atoms with Gasteiger partial charge in [-0.05, 0) is 76.7 Å². The molecule has 6 heteroatoms. The lowest BCUT2D eigenvalue weighted by molar-refractivity contribution is -0.0613. The number of aliphatic hydroxyl groups is 1. The predicted molar refractivity (Wildman–Crippen MR) is 111 cm³/mol. The van der Waals surface area contributed by atoms with Crippen LogP contribution in [-0.4, -0.2) is 56.9 Å². The van der Waals surface area contributed by atoms with Crippen molar-refractivity contribution in [3.8, 4) is 5.75 Å². The van der Waals surface area contributed by atoms with Crippen LogP contribution in [0.2, 0.25) is 0 Å². The van der Waals surface area contributed by atoms with Gasteiger partial charge in [0.25, 0.3) is 0 Å². The third-order valence-electron chi connectivity index (χ3n) is 4.33. The molecule has 0 aromatic heterocycles. The van der Waals surface area contributed by atoms with E-state index in [0.29, 0.717) is 12.4 Å². The Morgan fingerprint density at radius 3 is 2.36 bits per heavy atom. The van der Waals surface area contributed by atoms with Crippen molar-refractivity contribution in [1.29, 1.82) is 0 Å². The number of aliphatic hydroxyl groups excluding tert-OH is 1. The molecular weight excluding hydrogens is 358 g/mol. The number of rotatable bonds is 12. The molecule has 0 amide bonds. The highest BCUT2D eigenvalue weighted by atomic mass is 16.7. The summed E-state index contributed by atoms with van der Waals surface area (Å²) in [7, 11) is 5.39. The molecule has 0 radical (unpaired) electrons. The van der Waals surface area contributed by atoms with Gasteiger partial charge in [-0.3, -0.25) is 0 Å². The minimum Gasteiger partial charge on any atom is -0.468 e. The van der Waals surface area contributed by atoms with E-state index in [1.54, 1.807) is 13.2 Å². The van der Waals surface area contributed by atoms with Crippen molar-refractivity contribution in [3.05, 3.63) is 53.3 Å². The van der Waals surface area contributed by atoms with Gasteiger partial charge in [-0.15, -0.1) is 0 Å². The zero-order valence-corrected chi connectivity index (χ0v) is 18.2. The van der Waals surface area contributed by atoms with E-state index < -0.39 is 6.10 Å². The molecule has 28 heavy (non-hydrogen) atoms. The first-order chi connectivity index (χ1) is 13.2. The van der Waals surface area contributed by atoms with E-state index in [4.69, 9.17) is 18.9 Å². The molecule has 1 aromatic carbocycles. The number of allylic oxidation sites excluding steroid dienone is 1. The first kappa shape index (κ1) is 24.2. The molecule has 0 fully saturated rings. The normalized spacial score (nSPS) is 14.9. The fraction of sp³-hybridized carbons (Fsp3) is 0.545. The molecule has 1 rings (SSSR count). The minimum absolute atomic E-state index is 0.137. The van der Waals surface area contributed by atoms with E-state index in [0.717, 1.165) is 22.4 Å². The summed E-state index contributed by atoms with van der Waals surface area (Å²) in [6.07, 6.45) is 2.58. The van der Waals surface area contributed by atoms with Crippen molar-refractivity contribution in [2.24, 2.45) is 0 Å². The summed E-state index contributed by atoms with van der Waals surface area (Å²) in [5.74, 6) is 1.20. The van der Waals surface area contributed by atoms with Crippen LogP contribution in [0.15, 0.2) is 36.6 Å². The van der Waals surface area contributed by atoms with Gasteiger partial charge in [0.15, 0.2) is 13.1 Å². The summed E-state index contributed by atoms with van der Waals surface area (Å²) in [6.45, 7) is 12.3. The van der Waals surface area contributed by atoms with Gasteiger partial charge in [0.1, 0.15) is 11.5 Å². The van der Waals surface area contributed by atoms with Crippen LogP contribution in [0, 0.1) is 13.8 Å². The quantitative estimate of drug-likeness (QED) is 0.332. The van der Waals surface area contributed by atoms with Crippen LogP contribution >= 0.6 is 0 Å². The third-order valence-corrected chi connectivity index (χ3v) is 4.33. The van der Waals surface area contributed by atoms with Crippen LogP contribution < -0.4 is 4.74 Å². The highest BCUT2D eigenvalue weighted by Crippen LogP contribution is 2.31. The van der Waals surface area contributed by atoms with Gasteiger partial charge >= 0.3 is 0 Å². The maximum absolute atomic E-state index is 11.1. The molecule has 0 saturated carbocycles. The predicted octanol–water partition coefficient (Wildman–Crippen LogP) is 3.72. The second kappa shape index (κ2) is 11.9. The molecule has 0 spiro atoms. The first-order valence-electron chi connectivity index (χ1n) is 9.43. The zero-order valence-electron chi connectivity index (χ0n) is 18.2. The monoisotopic (exact) mass is 393 g/mol. The van der Waals surface area contributed by atoms with Crippen molar-refractivity contribution in [3.63, 3.8) is 0 Å². The van der Waals surface area contributed by atoms with E-state index in [2.05, 4.69) is 6.58 Å². The maximum atomic E-state index is 11.1. The Kier molecular flexibility index (Phi) is 10.2. The zero-order chi connectivity index (χ0) is 21.3. The summed E-state index contributed by atoms with van der Waals surface area (Å²) in [5, 5.41) is 11.1. The van der Waals surface area contributed by atoms with E-state index in [9.17, 15) is 5.11 Å². The van der Waals surface area contributed by atoms with E-state index in [1.807, 2.05) is 64.9 Å². The van der Waals surface area contributed by atoms with Gasteiger partial charge in [0.2, 0.25) is 0 Å². The Labute approximate surface area is 169 Å². The lowest BCUT2D eigenvalue weighted by atomic mass is 9.92. The molecule has 0 bridgehead atoms. The van der Waals surface area contributed by atoms with Crippen molar-refractivity contribution in [2.75, 3.05) is 34.6 Å². The Morgan fingerprint density at radius 1 is 1.25 bits per heavy atom. The number of ether oxygens (including phenoxy) is 4. The standard InChI is InChI=1S/C22H35NO5/c1-9-26-18(5)28-19-12-15(2)21(16(3)13-19)22(24)20(23(6)7)11-10-17(4)27-14-25-8/h10-13,18,20,22,24H,4,9,14H2,1-3,5-8H3/b11-10-. The molecule has 0 heterocycles. The summed E-state index contributed by atoms with van der Waals surface area (Å²) < 4.78 is 21.4. The van der Waals surface area contributed by atoms with E-state index in [1.165, 1.54) is 0 Å². The van der Waals surface area contributed by atoms with Crippen LogP contribution in [-0.2, 0) is 14.2 Å². The fourth-order valence-corrected chi connectivity index (χ4v) is 3.05.